The number of nitrogens with zero attached hydrogens (tertiary/aromatic N) is 4. The first-order valence-electron chi connectivity index (χ1n) is 8.88. The number of ether oxygens (including phenoxy) is 1. The van der Waals surface area contributed by atoms with Gasteiger partial charge in [-0.25, -0.2) is 4.98 Å². The number of piperidine rings is 1. The Hall–Kier alpha value is -1.35. The number of hydrogen-bond acceptors (Lipinski definition) is 8. The lowest BCUT2D eigenvalue weighted by atomic mass is 9.93. The molecule has 2 aliphatic rings. The summed E-state index contributed by atoms with van der Waals surface area (Å²) in [4.78, 5) is 11.5. The minimum absolute atomic E-state index is 0.151. The Balaban J connectivity index is 1.49. The first-order valence-corrected chi connectivity index (χ1v) is 9.76. The first-order chi connectivity index (χ1) is 12.2. The summed E-state index contributed by atoms with van der Waals surface area (Å²) in [6.45, 7) is 5.68. The predicted octanol–water partition coefficient (Wildman–Crippen LogP) is 2.38. The third-order valence-corrected chi connectivity index (χ3v) is 6.31. The van der Waals surface area contributed by atoms with Gasteiger partial charge in [-0.3, -0.25) is 4.90 Å². The molecule has 2 aromatic heterocycles. The van der Waals surface area contributed by atoms with Crippen molar-refractivity contribution in [1.29, 1.82) is 0 Å². The highest BCUT2D eigenvalue weighted by Crippen LogP contribution is 2.56. The summed E-state index contributed by atoms with van der Waals surface area (Å²) in [7, 11) is 1.65. The molecule has 0 radical (unpaired) electrons. The van der Waals surface area contributed by atoms with Crippen LogP contribution in [0.5, 0.6) is 0 Å². The highest BCUT2D eigenvalue weighted by Gasteiger charge is 2.56. The van der Waals surface area contributed by atoms with Gasteiger partial charge in [-0.15, -0.1) is 11.3 Å². The minimum atomic E-state index is -0.151. The zero-order valence-corrected chi connectivity index (χ0v) is 15.6. The summed E-state index contributed by atoms with van der Waals surface area (Å²) in [6.07, 6.45) is 5.48. The second-order valence-electron chi connectivity index (χ2n) is 7.09. The quantitative estimate of drug-likeness (QED) is 0.809. The van der Waals surface area contributed by atoms with Crippen molar-refractivity contribution in [1.82, 2.24) is 25.3 Å². The van der Waals surface area contributed by atoms with Gasteiger partial charge in [0.2, 0.25) is 5.89 Å². The van der Waals surface area contributed by atoms with Gasteiger partial charge in [0.1, 0.15) is 11.1 Å². The van der Waals surface area contributed by atoms with Gasteiger partial charge in [-0.05, 0) is 44.7 Å². The Morgan fingerprint density at radius 3 is 3.00 bits per heavy atom. The van der Waals surface area contributed by atoms with E-state index < -0.39 is 0 Å². The molecule has 0 aromatic carbocycles. The summed E-state index contributed by atoms with van der Waals surface area (Å²) in [5.41, 5.74) is 0.463. The maximum Gasteiger partial charge on any atom is 0.240 e. The second-order valence-corrected chi connectivity index (χ2v) is 8.07. The van der Waals surface area contributed by atoms with Crippen molar-refractivity contribution in [3.05, 3.63) is 28.3 Å². The average Bonchev–Trinajstić information content (AvgIpc) is 3.03. The van der Waals surface area contributed by atoms with Crippen LogP contribution >= 0.6 is 11.3 Å². The van der Waals surface area contributed by atoms with Gasteiger partial charge >= 0.3 is 0 Å². The molecule has 2 atom stereocenters. The fraction of sp³-hybridized carbons (Fsp3) is 0.706. The van der Waals surface area contributed by atoms with E-state index in [-0.39, 0.29) is 6.10 Å². The topological polar surface area (TPSA) is 76.3 Å². The van der Waals surface area contributed by atoms with Crippen LogP contribution in [0.1, 0.15) is 49.0 Å². The zero-order chi connectivity index (χ0) is 17.3. The van der Waals surface area contributed by atoms with Crippen molar-refractivity contribution < 1.29 is 9.26 Å². The smallest absolute Gasteiger partial charge is 0.240 e. The third kappa shape index (κ3) is 3.62. The molecule has 2 fully saturated rings. The zero-order valence-electron chi connectivity index (χ0n) is 14.8. The van der Waals surface area contributed by atoms with Crippen LogP contribution in [-0.2, 0) is 17.8 Å². The van der Waals surface area contributed by atoms with E-state index >= 15 is 0 Å². The SMILES string of the molecule is COC(C)c1noc(CN(Cc2nccs2)C2CC23CCNCC3)n1. The van der Waals surface area contributed by atoms with Gasteiger partial charge in [-0.1, -0.05) is 5.16 Å². The van der Waals surface area contributed by atoms with Crippen LogP contribution in [0.2, 0.25) is 0 Å². The van der Waals surface area contributed by atoms with E-state index in [4.69, 9.17) is 9.26 Å². The number of thiazole rings is 1. The van der Waals surface area contributed by atoms with Crippen molar-refractivity contribution in [2.45, 2.75) is 51.4 Å². The Labute approximate surface area is 151 Å². The Bertz CT molecular complexity index is 683. The van der Waals surface area contributed by atoms with Crippen molar-refractivity contribution >= 4 is 11.3 Å². The molecule has 7 nitrogen and oxygen atoms in total. The maximum absolute atomic E-state index is 5.48. The fourth-order valence-corrected chi connectivity index (χ4v) is 4.50. The largest absolute Gasteiger partial charge is 0.374 e. The van der Waals surface area contributed by atoms with E-state index in [0.717, 1.165) is 24.6 Å². The standard InChI is InChI=1S/C17H25N5O2S/c1-12(23-2)16-20-14(24-21-16)10-22(11-15-19-7-8-25-15)13-9-17(13)3-5-18-6-4-17/h7-8,12-13,18H,3-6,9-11H2,1-2H3. The highest BCUT2D eigenvalue weighted by molar-refractivity contribution is 7.09. The first kappa shape index (κ1) is 17.1. The lowest BCUT2D eigenvalue weighted by Gasteiger charge is -2.28. The van der Waals surface area contributed by atoms with Gasteiger partial charge < -0.3 is 14.6 Å². The molecule has 1 N–H and O–H groups in total. The minimum Gasteiger partial charge on any atom is -0.374 e. The van der Waals surface area contributed by atoms with E-state index in [1.165, 1.54) is 19.3 Å². The average molecular weight is 363 g/mol. The van der Waals surface area contributed by atoms with Crippen LogP contribution in [0.15, 0.2) is 16.1 Å². The van der Waals surface area contributed by atoms with Crippen molar-refractivity contribution in [3.8, 4) is 0 Å². The number of methoxy groups -OCH3 is 1. The summed E-state index contributed by atoms with van der Waals surface area (Å²) < 4.78 is 10.8. The van der Waals surface area contributed by atoms with Crippen LogP contribution in [0.4, 0.5) is 0 Å². The van der Waals surface area contributed by atoms with Crippen LogP contribution in [0.3, 0.4) is 0 Å². The molecule has 136 valence electrons. The molecule has 0 amide bonds. The van der Waals surface area contributed by atoms with Gasteiger partial charge in [0, 0.05) is 24.7 Å². The molecule has 2 aromatic rings. The van der Waals surface area contributed by atoms with E-state index in [1.54, 1.807) is 18.4 Å². The lowest BCUT2D eigenvalue weighted by Crippen LogP contribution is -2.35. The van der Waals surface area contributed by atoms with Crippen LogP contribution in [0, 0.1) is 5.41 Å². The molecule has 4 rings (SSSR count). The predicted molar refractivity (Wildman–Crippen MR) is 94.0 cm³/mol. The fourth-order valence-electron chi connectivity index (χ4n) is 3.86. The number of rotatable bonds is 7. The van der Waals surface area contributed by atoms with Gasteiger partial charge in [0.05, 0.1) is 13.1 Å². The summed E-state index contributed by atoms with van der Waals surface area (Å²) in [6, 6.07) is 0.577. The summed E-state index contributed by atoms with van der Waals surface area (Å²) in [5.74, 6) is 1.27. The molecule has 25 heavy (non-hydrogen) atoms. The third-order valence-electron chi connectivity index (χ3n) is 5.55. The number of nitrogens with one attached hydrogen (secondary N) is 1. The van der Waals surface area contributed by atoms with E-state index in [0.29, 0.717) is 29.7 Å². The molecule has 0 bridgehead atoms. The van der Waals surface area contributed by atoms with E-state index in [9.17, 15) is 0 Å². The molecule has 1 saturated heterocycles. The molecule has 1 aliphatic heterocycles. The van der Waals surface area contributed by atoms with Gasteiger partial charge in [-0.2, -0.15) is 4.98 Å². The lowest BCUT2D eigenvalue weighted by molar-refractivity contribution is 0.109. The number of aromatic nitrogens is 3. The Kier molecular flexibility index (Phi) is 4.86. The molecular formula is C17H25N5O2S. The van der Waals surface area contributed by atoms with E-state index in [2.05, 4.69) is 25.3 Å². The van der Waals surface area contributed by atoms with Crippen LogP contribution in [-0.4, -0.2) is 46.3 Å². The van der Waals surface area contributed by atoms with Crippen LogP contribution < -0.4 is 5.32 Å². The maximum atomic E-state index is 5.48. The van der Waals surface area contributed by atoms with Gasteiger partial charge in [0.25, 0.3) is 0 Å². The summed E-state index contributed by atoms with van der Waals surface area (Å²) >= 11 is 1.70. The van der Waals surface area contributed by atoms with Crippen molar-refractivity contribution in [3.63, 3.8) is 0 Å². The Morgan fingerprint density at radius 2 is 2.28 bits per heavy atom. The van der Waals surface area contributed by atoms with E-state index in [1.807, 2.05) is 18.5 Å². The molecule has 1 saturated carbocycles. The molecule has 3 heterocycles. The molecule has 8 heteroatoms. The normalized spacial score (nSPS) is 23.2. The number of hydrogen-bond donors (Lipinski definition) is 1. The van der Waals surface area contributed by atoms with Gasteiger partial charge in [0.15, 0.2) is 5.82 Å². The molecule has 1 spiro atoms. The monoisotopic (exact) mass is 363 g/mol. The second kappa shape index (κ2) is 7.11. The van der Waals surface area contributed by atoms with Crippen molar-refractivity contribution in [2.24, 2.45) is 5.41 Å². The molecule has 1 aliphatic carbocycles. The highest BCUT2D eigenvalue weighted by atomic mass is 32.1. The molecule has 2 unspecified atom stereocenters. The Morgan fingerprint density at radius 1 is 1.44 bits per heavy atom. The van der Waals surface area contributed by atoms with Crippen LogP contribution in [0.25, 0.3) is 0 Å². The van der Waals surface area contributed by atoms with Crippen molar-refractivity contribution in [2.75, 3.05) is 20.2 Å². The summed E-state index contributed by atoms with van der Waals surface area (Å²) in [5, 5.41) is 10.7. The molecular weight excluding hydrogens is 338 g/mol.